The van der Waals surface area contributed by atoms with Crippen molar-refractivity contribution in [3.63, 3.8) is 0 Å². The van der Waals surface area contributed by atoms with Crippen LogP contribution in [0.1, 0.15) is 0 Å². The summed E-state index contributed by atoms with van der Waals surface area (Å²) in [6.45, 7) is 7.40. The van der Waals surface area contributed by atoms with Crippen molar-refractivity contribution in [3.8, 4) is 17.2 Å². The zero-order valence-electron chi connectivity index (χ0n) is 19.5. The standard InChI is InChI=1S/C29H23BN2OSi/c1-34(2,3)19-16-14-18(15-17-19)31-22-10-6-11-23-26(22)30-27-24(31)12-7-13-25(27)33-28-20-8-4-5-9-21(20)32(23)29(28)30/h4-17H,1-3H3. The SMILES string of the molecule is C[Si](C)(C)c1ccc(N2c3cccc4c3B3c5c2cccc5-n2c3c(c3ccccc32)O4)cc1. The summed E-state index contributed by atoms with van der Waals surface area (Å²) in [5.74, 6) is 1.99. The molecule has 0 saturated heterocycles. The van der Waals surface area contributed by atoms with E-state index in [1.165, 1.54) is 55.4 Å². The molecule has 5 aromatic rings. The molecule has 3 aliphatic rings. The van der Waals surface area contributed by atoms with Crippen molar-refractivity contribution in [2.24, 2.45) is 0 Å². The van der Waals surface area contributed by atoms with E-state index in [1.807, 2.05) is 0 Å². The predicted molar refractivity (Wildman–Crippen MR) is 146 cm³/mol. The summed E-state index contributed by atoms with van der Waals surface area (Å²) in [5.41, 5.74) is 10.1. The number of anilines is 3. The third-order valence-electron chi connectivity index (χ3n) is 7.74. The average molecular weight is 454 g/mol. The molecule has 0 bridgehead atoms. The zero-order chi connectivity index (χ0) is 22.8. The molecule has 4 heterocycles. The lowest BCUT2D eigenvalue weighted by Crippen LogP contribution is -2.57. The van der Waals surface area contributed by atoms with Crippen LogP contribution in [0.3, 0.4) is 0 Å². The molecule has 4 aromatic carbocycles. The maximum atomic E-state index is 6.67. The summed E-state index contributed by atoms with van der Waals surface area (Å²) in [6, 6.07) is 31.1. The highest BCUT2D eigenvalue weighted by atomic mass is 28.3. The summed E-state index contributed by atoms with van der Waals surface area (Å²) in [5, 5.41) is 2.67. The molecule has 0 saturated carbocycles. The Balaban J connectivity index is 1.45. The molecule has 1 aromatic heterocycles. The van der Waals surface area contributed by atoms with Crippen molar-refractivity contribution >= 4 is 64.5 Å². The van der Waals surface area contributed by atoms with Crippen LogP contribution in [-0.4, -0.2) is 19.4 Å². The second-order valence-electron chi connectivity index (χ2n) is 10.6. The topological polar surface area (TPSA) is 17.4 Å². The highest BCUT2D eigenvalue weighted by molar-refractivity contribution is 7.01. The lowest BCUT2D eigenvalue weighted by atomic mass is 9.37. The van der Waals surface area contributed by atoms with E-state index in [9.17, 15) is 0 Å². The van der Waals surface area contributed by atoms with E-state index in [0.29, 0.717) is 0 Å². The number of fused-ring (bicyclic) bond motifs is 4. The molecule has 34 heavy (non-hydrogen) atoms. The highest BCUT2D eigenvalue weighted by Crippen LogP contribution is 2.45. The fraction of sp³-hybridized carbons (Fsp3) is 0.103. The van der Waals surface area contributed by atoms with Crippen LogP contribution < -0.4 is 31.3 Å². The van der Waals surface area contributed by atoms with Gasteiger partial charge in [0.1, 0.15) is 11.5 Å². The second-order valence-corrected chi connectivity index (χ2v) is 15.7. The Kier molecular flexibility index (Phi) is 3.33. The Morgan fingerprint density at radius 3 is 2.21 bits per heavy atom. The summed E-state index contributed by atoms with van der Waals surface area (Å²) in [7, 11) is -1.36. The second kappa shape index (κ2) is 6.05. The van der Waals surface area contributed by atoms with Crippen LogP contribution in [0.5, 0.6) is 11.5 Å². The normalized spacial score (nSPS) is 14.4. The highest BCUT2D eigenvalue weighted by Gasteiger charge is 2.49. The summed E-state index contributed by atoms with van der Waals surface area (Å²) >= 11 is 0. The van der Waals surface area contributed by atoms with Crippen LogP contribution in [0.15, 0.2) is 84.9 Å². The van der Waals surface area contributed by atoms with Gasteiger partial charge in [-0.15, -0.1) is 0 Å². The lowest BCUT2D eigenvalue weighted by molar-refractivity contribution is 0.493. The maximum Gasteiger partial charge on any atom is 0.280 e. The van der Waals surface area contributed by atoms with Gasteiger partial charge in [-0.25, -0.2) is 0 Å². The Bertz CT molecular complexity index is 1680. The Morgan fingerprint density at radius 2 is 1.41 bits per heavy atom. The molecule has 0 amide bonds. The number of benzene rings is 4. The van der Waals surface area contributed by atoms with Gasteiger partial charge in [0, 0.05) is 33.7 Å². The third-order valence-corrected chi connectivity index (χ3v) is 9.81. The molecule has 3 aliphatic heterocycles. The van der Waals surface area contributed by atoms with E-state index >= 15 is 0 Å². The summed E-state index contributed by atoms with van der Waals surface area (Å²) in [4.78, 5) is 2.44. The van der Waals surface area contributed by atoms with E-state index in [4.69, 9.17) is 4.74 Å². The monoisotopic (exact) mass is 454 g/mol. The smallest absolute Gasteiger partial charge is 0.280 e. The van der Waals surface area contributed by atoms with E-state index in [-0.39, 0.29) is 6.71 Å². The lowest BCUT2D eigenvalue weighted by Gasteiger charge is -2.37. The minimum atomic E-state index is -1.36. The zero-order valence-corrected chi connectivity index (χ0v) is 20.5. The first-order valence-electron chi connectivity index (χ1n) is 12.0. The number of ether oxygens (including phenoxy) is 1. The molecular formula is C29H23BN2OSi. The van der Waals surface area contributed by atoms with Crippen molar-refractivity contribution in [2.75, 3.05) is 4.90 Å². The summed E-state index contributed by atoms with van der Waals surface area (Å²) < 4.78 is 9.11. The molecule has 0 spiro atoms. The van der Waals surface area contributed by atoms with E-state index in [0.717, 1.165) is 11.5 Å². The first kappa shape index (κ1) is 18.7. The van der Waals surface area contributed by atoms with Crippen LogP contribution in [0.2, 0.25) is 19.6 Å². The Hall–Kier alpha value is -3.70. The van der Waals surface area contributed by atoms with Gasteiger partial charge in [0.2, 0.25) is 0 Å². The number of aromatic nitrogens is 1. The van der Waals surface area contributed by atoms with E-state index in [2.05, 4.69) is 114 Å². The Morgan fingerprint density at radius 1 is 0.706 bits per heavy atom. The third kappa shape index (κ3) is 2.14. The summed E-state index contributed by atoms with van der Waals surface area (Å²) in [6.07, 6.45) is 0. The van der Waals surface area contributed by atoms with Crippen molar-refractivity contribution in [1.29, 1.82) is 0 Å². The molecule has 3 nitrogen and oxygen atoms in total. The largest absolute Gasteiger partial charge is 0.456 e. The quantitative estimate of drug-likeness (QED) is 0.346. The van der Waals surface area contributed by atoms with Crippen molar-refractivity contribution in [3.05, 3.63) is 84.9 Å². The maximum absolute atomic E-state index is 6.67. The van der Waals surface area contributed by atoms with Crippen LogP contribution in [-0.2, 0) is 0 Å². The van der Waals surface area contributed by atoms with Gasteiger partial charge in [0.25, 0.3) is 6.71 Å². The minimum absolute atomic E-state index is 0.200. The molecule has 8 rings (SSSR count). The van der Waals surface area contributed by atoms with E-state index in [1.54, 1.807) is 0 Å². The minimum Gasteiger partial charge on any atom is -0.456 e. The van der Waals surface area contributed by atoms with Gasteiger partial charge in [-0.05, 0) is 59.5 Å². The number of nitrogens with zero attached hydrogens (tertiary/aromatic N) is 2. The predicted octanol–water partition coefficient (Wildman–Crippen LogP) is 4.89. The van der Waals surface area contributed by atoms with Gasteiger partial charge >= 0.3 is 0 Å². The van der Waals surface area contributed by atoms with Crippen LogP contribution >= 0.6 is 0 Å². The number of hydrogen-bond acceptors (Lipinski definition) is 2. The number of rotatable bonds is 2. The fourth-order valence-electron chi connectivity index (χ4n) is 6.24. The van der Waals surface area contributed by atoms with Gasteiger partial charge < -0.3 is 14.2 Å². The average Bonchev–Trinajstić information content (AvgIpc) is 3.36. The molecule has 0 unspecified atom stereocenters. The number of para-hydroxylation sites is 1. The number of hydrogen-bond donors (Lipinski definition) is 0. The van der Waals surface area contributed by atoms with Gasteiger partial charge in [-0.1, -0.05) is 61.2 Å². The first-order valence-corrected chi connectivity index (χ1v) is 15.5. The first-order chi connectivity index (χ1) is 16.5. The molecule has 0 radical (unpaired) electrons. The molecule has 0 atom stereocenters. The molecule has 0 aliphatic carbocycles. The molecule has 162 valence electrons. The van der Waals surface area contributed by atoms with E-state index < -0.39 is 8.07 Å². The van der Waals surface area contributed by atoms with Gasteiger partial charge in [0.05, 0.1) is 13.6 Å². The molecule has 5 heteroatoms. The van der Waals surface area contributed by atoms with Gasteiger partial charge in [0.15, 0.2) is 0 Å². The molecule has 0 fully saturated rings. The van der Waals surface area contributed by atoms with Crippen LogP contribution in [0.4, 0.5) is 17.1 Å². The van der Waals surface area contributed by atoms with Crippen LogP contribution in [0, 0.1) is 0 Å². The van der Waals surface area contributed by atoms with Gasteiger partial charge in [-0.2, -0.15) is 0 Å². The Labute approximate surface area is 200 Å². The van der Waals surface area contributed by atoms with Crippen molar-refractivity contribution in [1.82, 2.24) is 4.57 Å². The molecular weight excluding hydrogens is 431 g/mol. The fourth-order valence-corrected chi connectivity index (χ4v) is 7.40. The van der Waals surface area contributed by atoms with Crippen molar-refractivity contribution < 1.29 is 4.74 Å². The van der Waals surface area contributed by atoms with Crippen LogP contribution in [0.25, 0.3) is 16.6 Å². The van der Waals surface area contributed by atoms with Gasteiger partial charge in [-0.3, -0.25) is 0 Å². The molecule has 0 N–H and O–H groups in total. The van der Waals surface area contributed by atoms with Crippen molar-refractivity contribution in [2.45, 2.75) is 19.6 Å².